The van der Waals surface area contributed by atoms with Crippen molar-refractivity contribution in [2.24, 2.45) is 0 Å². The van der Waals surface area contributed by atoms with Gasteiger partial charge >= 0.3 is 23.1 Å². The Balaban J connectivity index is -0.00000000750. The number of nitrogens with zero attached hydrogens (tertiary/aromatic N) is 1. The van der Waals surface area contributed by atoms with Crippen molar-refractivity contribution >= 4 is 40.4 Å². The minimum absolute atomic E-state index is 0. The summed E-state index contributed by atoms with van der Waals surface area (Å²) in [7, 11) is 0. The van der Waals surface area contributed by atoms with Gasteiger partial charge in [-0.1, -0.05) is 0 Å². The maximum Gasteiger partial charge on any atom is 2.00 e. The van der Waals surface area contributed by atoms with E-state index in [4.69, 9.17) is 15.3 Å². The molecule has 0 heterocycles. The number of hydrogen-bond donors (Lipinski definition) is 1. The third-order valence-electron chi connectivity index (χ3n) is 0. The van der Waals surface area contributed by atoms with Crippen LogP contribution in [0.15, 0.2) is 0 Å². The summed E-state index contributed by atoms with van der Waals surface area (Å²) in [4.78, 5) is 8.36. The molecule has 0 rings (SSSR count). The molecular formula is H6AlMgNO3. The van der Waals surface area contributed by atoms with Crippen molar-refractivity contribution in [1.29, 1.82) is 0 Å². The van der Waals surface area contributed by atoms with Gasteiger partial charge in [0.2, 0.25) is 0 Å². The van der Waals surface area contributed by atoms with E-state index in [2.05, 4.69) is 0 Å². The zero-order valence-corrected chi connectivity index (χ0v) is 3.83. The predicted molar refractivity (Wildman–Crippen MR) is 26.7 cm³/mol. The van der Waals surface area contributed by atoms with E-state index in [9.17, 15) is 0 Å². The Bertz CT molecular complexity index is 40.3. The van der Waals surface area contributed by atoms with Crippen LogP contribution in [0, 0.1) is 10.1 Å². The average molecular weight is 119 g/mol. The van der Waals surface area contributed by atoms with Gasteiger partial charge < -0.3 is 8.06 Å². The molecule has 0 amide bonds. The molecule has 0 fully saturated rings. The normalized spacial score (nSPS) is 4.00. The van der Waals surface area contributed by atoms with Crippen molar-refractivity contribution in [2.45, 2.75) is 0 Å². The second kappa shape index (κ2) is 9.09. The Morgan fingerprint density at radius 3 is 1.83 bits per heavy atom. The van der Waals surface area contributed by atoms with Crippen molar-refractivity contribution in [1.82, 2.24) is 0 Å². The second-order valence-electron chi connectivity index (χ2n) is 0.238. The Morgan fingerprint density at radius 2 is 1.83 bits per heavy atom. The van der Waals surface area contributed by atoms with Gasteiger partial charge in [-0.05, 0) is 0 Å². The van der Waals surface area contributed by atoms with Crippen LogP contribution < -0.4 is 0 Å². The summed E-state index contributed by atoms with van der Waals surface area (Å²) < 4.78 is 0. The number of hydrogen-bond acceptors (Lipinski definition) is 2. The van der Waals surface area contributed by atoms with Crippen molar-refractivity contribution in [3.8, 4) is 0 Å². The Morgan fingerprint density at radius 1 is 1.83 bits per heavy atom. The van der Waals surface area contributed by atoms with Crippen LogP contribution in [0.3, 0.4) is 0 Å². The van der Waals surface area contributed by atoms with E-state index in [1.165, 1.54) is 0 Å². The van der Waals surface area contributed by atoms with Gasteiger partial charge in [-0.25, -0.2) is 0 Å². The maximum absolute atomic E-state index is 8.36. The summed E-state index contributed by atoms with van der Waals surface area (Å²) in [6.07, 6.45) is 0. The van der Waals surface area contributed by atoms with Gasteiger partial charge in [0, 0.05) is 0 Å². The van der Waals surface area contributed by atoms with Crippen LogP contribution in [0.2, 0.25) is 0 Å². The molecule has 0 bridgehead atoms. The molecule has 0 aromatic rings. The molecule has 0 saturated heterocycles. The molecule has 6 heavy (non-hydrogen) atoms. The van der Waals surface area contributed by atoms with E-state index in [1.807, 2.05) is 0 Å². The van der Waals surface area contributed by atoms with Crippen LogP contribution >= 0.6 is 0 Å². The third-order valence-corrected chi connectivity index (χ3v) is 0. The largest absolute Gasteiger partial charge is 2.00 e. The third kappa shape index (κ3) is 221. The monoisotopic (exact) mass is 119 g/mol. The fraction of sp³-hybridized carbons (Fsp3) is 0. The maximum atomic E-state index is 8.36. The molecule has 1 N–H and O–H groups in total. The van der Waals surface area contributed by atoms with E-state index in [-0.39, 0.29) is 43.3 Å². The van der Waals surface area contributed by atoms with Gasteiger partial charge in [0.25, 0.3) is 5.09 Å². The molecule has 0 saturated carbocycles. The Kier molecular flexibility index (Phi) is 24.3. The minimum Gasteiger partial charge on any atom is -1.00 e. The van der Waals surface area contributed by atoms with Crippen molar-refractivity contribution in [3.63, 3.8) is 0 Å². The molecule has 0 radical (unpaired) electrons. The average Bonchev–Trinajstić information content (AvgIpc) is 0.811. The summed E-state index contributed by atoms with van der Waals surface area (Å²) >= 11 is 0. The van der Waals surface area contributed by atoms with E-state index >= 15 is 0 Å². The van der Waals surface area contributed by atoms with Gasteiger partial charge in [-0.3, -0.25) is 0 Å². The first kappa shape index (κ1) is 16.1. The van der Waals surface area contributed by atoms with Gasteiger partial charge in [0.15, 0.2) is 17.4 Å². The summed E-state index contributed by atoms with van der Waals surface area (Å²) in [5, 5.41) is 13.6. The molecule has 0 aliphatic rings. The fourth-order valence-corrected chi connectivity index (χ4v) is 0. The van der Waals surface area contributed by atoms with Crippen LogP contribution in [-0.4, -0.2) is 50.7 Å². The molecule has 0 aromatic carbocycles. The van der Waals surface area contributed by atoms with Crippen molar-refractivity contribution < 1.29 is 13.1 Å². The van der Waals surface area contributed by atoms with Crippen LogP contribution in [0.4, 0.5) is 0 Å². The van der Waals surface area contributed by atoms with E-state index in [0.29, 0.717) is 0 Å². The van der Waals surface area contributed by atoms with Crippen LogP contribution in [0.5, 0.6) is 0 Å². The quantitative estimate of drug-likeness (QED) is 0.235. The van der Waals surface area contributed by atoms with Crippen LogP contribution in [0.25, 0.3) is 0 Å². The van der Waals surface area contributed by atoms with Gasteiger partial charge in [-0.15, -0.1) is 10.1 Å². The molecule has 34 valence electrons. The molecule has 6 heteroatoms. The topological polar surface area (TPSA) is 63.4 Å². The van der Waals surface area contributed by atoms with Crippen molar-refractivity contribution in [2.75, 3.05) is 0 Å². The van der Waals surface area contributed by atoms with Gasteiger partial charge in [0.05, 0.1) is 0 Å². The SMILES string of the molecule is O=[N+]([O-])O.[AlH3].[H-].[H-].[Mg+2]. The summed E-state index contributed by atoms with van der Waals surface area (Å²) in [5.74, 6) is 0. The van der Waals surface area contributed by atoms with Crippen molar-refractivity contribution in [3.05, 3.63) is 10.1 Å². The van der Waals surface area contributed by atoms with E-state index < -0.39 is 5.09 Å². The molecule has 0 aliphatic heterocycles. The summed E-state index contributed by atoms with van der Waals surface area (Å²) in [6.45, 7) is 0. The van der Waals surface area contributed by atoms with Crippen LogP contribution in [0.1, 0.15) is 2.85 Å². The molecule has 0 atom stereocenters. The molecular weight excluding hydrogens is 113 g/mol. The zero-order valence-electron chi connectivity index (χ0n) is 4.42. The predicted octanol–water partition coefficient (Wildman–Crippen LogP) is -1.69. The first-order valence-electron chi connectivity index (χ1n) is 0.565. The van der Waals surface area contributed by atoms with Gasteiger partial charge in [-0.2, -0.15) is 0 Å². The molecule has 0 aromatic heterocycles. The standard InChI is InChI=1S/Al.Mg.HNO3.5H/c;;2-1(3)4;;;;;/h;;(H,2,3,4);;;;;/q;+2;;;;;2*-1. The fourth-order valence-electron chi connectivity index (χ4n) is 0. The summed E-state index contributed by atoms with van der Waals surface area (Å²) in [5.41, 5.74) is 0. The minimum atomic E-state index is -1.50. The molecule has 0 spiro atoms. The molecule has 0 unspecified atom stereocenters. The molecule has 4 nitrogen and oxygen atoms in total. The Hall–Kier alpha value is 0.499. The number of rotatable bonds is 0. The first-order valence-corrected chi connectivity index (χ1v) is 0.565. The molecule has 0 aliphatic carbocycles. The van der Waals surface area contributed by atoms with E-state index in [0.717, 1.165) is 0 Å². The summed E-state index contributed by atoms with van der Waals surface area (Å²) in [6, 6.07) is 0. The first-order chi connectivity index (χ1) is 1.73. The van der Waals surface area contributed by atoms with E-state index in [1.54, 1.807) is 0 Å². The Labute approximate surface area is 63.9 Å². The smallest absolute Gasteiger partial charge is 1.00 e. The second-order valence-corrected chi connectivity index (χ2v) is 0.238. The van der Waals surface area contributed by atoms with Gasteiger partial charge in [0.1, 0.15) is 0 Å². The van der Waals surface area contributed by atoms with Crippen LogP contribution in [-0.2, 0) is 0 Å². The zero-order chi connectivity index (χ0) is 3.58.